The van der Waals surface area contributed by atoms with E-state index in [9.17, 15) is 0 Å². The van der Waals surface area contributed by atoms with E-state index < -0.39 is 0 Å². The molecule has 0 aliphatic heterocycles. The molecule has 2 aromatic rings. The summed E-state index contributed by atoms with van der Waals surface area (Å²) in [6.45, 7) is 4.70. The van der Waals surface area contributed by atoms with Gasteiger partial charge in [0.25, 0.3) is 0 Å². The molecule has 86 valence electrons. The normalized spacial score (nSPS) is 12.9. The summed E-state index contributed by atoms with van der Waals surface area (Å²) in [4.78, 5) is 8.39. The molecule has 1 N–H and O–H groups in total. The first kappa shape index (κ1) is 11.2. The molecule has 0 saturated heterocycles. The molecule has 0 aliphatic rings. The third-order valence-electron chi connectivity index (χ3n) is 2.26. The van der Waals surface area contributed by atoms with E-state index in [0.29, 0.717) is 5.89 Å². The van der Waals surface area contributed by atoms with Gasteiger partial charge in [-0.2, -0.15) is 4.98 Å². The summed E-state index contributed by atoms with van der Waals surface area (Å²) in [5, 5.41) is 9.25. The number of nitrogens with one attached hydrogen (secondary N) is 1. The van der Waals surface area contributed by atoms with Crippen LogP contribution in [0.2, 0.25) is 0 Å². The molecule has 2 rings (SSSR count). The second kappa shape index (κ2) is 5.18. The van der Waals surface area contributed by atoms with Crippen LogP contribution >= 0.6 is 11.3 Å². The van der Waals surface area contributed by atoms with Crippen LogP contribution in [0.15, 0.2) is 15.4 Å². The van der Waals surface area contributed by atoms with Crippen molar-refractivity contribution in [2.45, 2.75) is 26.3 Å². The van der Waals surface area contributed by atoms with Gasteiger partial charge in [0.1, 0.15) is 0 Å². The van der Waals surface area contributed by atoms with Crippen LogP contribution in [0.4, 0.5) is 0 Å². The van der Waals surface area contributed by atoms with Crippen LogP contribution in [-0.4, -0.2) is 21.7 Å². The Morgan fingerprint density at radius 3 is 3.06 bits per heavy atom. The first-order valence-electron chi connectivity index (χ1n) is 5.16. The van der Waals surface area contributed by atoms with Crippen molar-refractivity contribution in [2.24, 2.45) is 0 Å². The summed E-state index contributed by atoms with van der Waals surface area (Å²) in [7, 11) is 0. The van der Waals surface area contributed by atoms with Gasteiger partial charge < -0.3 is 9.84 Å². The van der Waals surface area contributed by atoms with Gasteiger partial charge >= 0.3 is 0 Å². The molecule has 6 heteroatoms. The summed E-state index contributed by atoms with van der Waals surface area (Å²) in [5.41, 5.74) is 2.92. The quantitative estimate of drug-likeness (QED) is 0.859. The van der Waals surface area contributed by atoms with Crippen LogP contribution in [-0.2, 0) is 6.42 Å². The smallest absolute Gasteiger partial charge is 0.223 e. The maximum Gasteiger partial charge on any atom is 0.223 e. The average molecular weight is 238 g/mol. The van der Waals surface area contributed by atoms with Crippen LogP contribution in [0.25, 0.3) is 0 Å². The zero-order valence-corrected chi connectivity index (χ0v) is 10.1. The van der Waals surface area contributed by atoms with Crippen molar-refractivity contribution in [3.63, 3.8) is 0 Å². The van der Waals surface area contributed by atoms with E-state index in [-0.39, 0.29) is 6.04 Å². The SMILES string of the molecule is Cc1nc(CCNC(C)c2cscn2)no1. The number of aryl methyl sites for hydroxylation is 1. The van der Waals surface area contributed by atoms with Gasteiger partial charge in [0, 0.05) is 31.3 Å². The highest BCUT2D eigenvalue weighted by Gasteiger charge is 2.07. The molecular weight excluding hydrogens is 224 g/mol. The summed E-state index contributed by atoms with van der Waals surface area (Å²) in [6, 6.07) is 0.263. The molecule has 16 heavy (non-hydrogen) atoms. The van der Waals surface area contributed by atoms with E-state index >= 15 is 0 Å². The summed E-state index contributed by atoms with van der Waals surface area (Å²) in [6.07, 6.45) is 0.770. The third-order valence-corrected chi connectivity index (χ3v) is 2.87. The molecule has 0 spiro atoms. The van der Waals surface area contributed by atoms with Crippen LogP contribution in [0.1, 0.15) is 30.4 Å². The van der Waals surface area contributed by atoms with Crippen LogP contribution in [0.5, 0.6) is 0 Å². The van der Waals surface area contributed by atoms with Gasteiger partial charge in [-0.3, -0.25) is 0 Å². The van der Waals surface area contributed by atoms with Crippen LogP contribution in [0.3, 0.4) is 0 Å². The average Bonchev–Trinajstić information content (AvgIpc) is 2.89. The fraction of sp³-hybridized carbons (Fsp3) is 0.500. The highest BCUT2D eigenvalue weighted by Crippen LogP contribution is 2.11. The van der Waals surface area contributed by atoms with Crippen molar-refractivity contribution in [3.05, 3.63) is 28.3 Å². The Balaban J connectivity index is 1.76. The molecule has 5 nitrogen and oxygen atoms in total. The molecule has 1 unspecified atom stereocenters. The van der Waals surface area contributed by atoms with Gasteiger partial charge in [-0.1, -0.05) is 5.16 Å². The lowest BCUT2D eigenvalue weighted by atomic mass is 10.2. The van der Waals surface area contributed by atoms with Crippen molar-refractivity contribution in [2.75, 3.05) is 6.54 Å². The van der Waals surface area contributed by atoms with Crippen molar-refractivity contribution in [1.82, 2.24) is 20.4 Å². The highest BCUT2D eigenvalue weighted by molar-refractivity contribution is 7.07. The molecule has 0 bridgehead atoms. The number of hydrogen-bond donors (Lipinski definition) is 1. The van der Waals surface area contributed by atoms with Gasteiger partial charge in [0.15, 0.2) is 5.82 Å². The predicted molar refractivity (Wildman–Crippen MR) is 61.3 cm³/mol. The fourth-order valence-corrected chi connectivity index (χ4v) is 2.03. The summed E-state index contributed by atoms with van der Waals surface area (Å²) < 4.78 is 4.89. The van der Waals surface area contributed by atoms with E-state index in [2.05, 4.69) is 32.7 Å². The minimum absolute atomic E-state index is 0.263. The Morgan fingerprint density at radius 1 is 1.56 bits per heavy atom. The number of hydrogen-bond acceptors (Lipinski definition) is 6. The van der Waals surface area contributed by atoms with Crippen LogP contribution < -0.4 is 5.32 Å². The number of aromatic nitrogens is 3. The molecule has 2 aromatic heterocycles. The Bertz CT molecular complexity index is 426. The Labute approximate surface area is 97.9 Å². The van der Waals surface area contributed by atoms with Crippen molar-refractivity contribution < 1.29 is 4.52 Å². The molecule has 0 aromatic carbocycles. The maximum atomic E-state index is 4.89. The number of nitrogens with zero attached hydrogens (tertiary/aromatic N) is 3. The lowest BCUT2D eigenvalue weighted by molar-refractivity contribution is 0.386. The van der Waals surface area contributed by atoms with Crippen molar-refractivity contribution in [3.8, 4) is 0 Å². The molecule has 2 heterocycles. The monoisotopic (exact) mass is 238 g/mol. The van der Waals surface area contributed by atoms with Gasteiger partial charge in [0.2, 0.25) is 5.89 Å². The summed E-state index contributed by atoms with van der Waals surface area (Å²) in [5.74, 6) is 1.36. The second-order valence-electron chi connectivity index (χ2n) is 3.57. The molecule has 0 fully saturated rings. The standard InChI is InChI=1S/C10H14N4OS/c1-7(9-5-16-6-12-9)11-4-3-10-13-8(2)15-14-10/h5-7,11H,3-4H2,1-2H3. The predicted octanol–water partition coefficient (Wildman–Crippen LogP) is 1.73. The second-order valence-corrected chi connectivity index (χ2v) is 4.29. The maximum absolute atomic E-state index is 4.89. The topological polar surface area (TPSA) is 63.8 Å². The molecule has 1 atom stereocenters. The lowest BCUT2D eigenvalue weighted by Gasteiger charge is -2.09. The van der Waals surface area contributed by atoms with Gasteiger partial charge in [0.05, 0.1) is 11.2 Å². The van der Waals surface area contributed by atoms with E-state index in [1.54, 1.807) is 18.3 Å². The first-order chi connectivity index (χ1) is 7.75. The Hall–Kier alpha value is -1.27. The Kier molecular flexibility index (Phi) is 3.63. The fourth-order valence-electron chi connectivity index (χ4n) is 1.38. The first-order valence-corrected chi connectivity index (χ1v) is 6.10. The molecule has 0 saturated carbocycles. The van der Waals surface area contributed by atoms with E-state index in [1.807, 2.05) is 5.51 Å². The summed E-state index contributed by atoms with van der Waals surface area (Å²) >= 11 is 1.61. The lowest BCUT2D eigenvalue weighted by Crippen LogP contribution is -2.21. The molecule has 0 radical (unpaired) electrons. The largest absolute Gasteiger partial charge is 0.340 e. The van der Waals surface area contributed by atoms with E-state index in [1.165, 1.54) is 0 Å². The molecular formula is C10H14N4OS. The van der Waals surface area contributed by atoms with E-state index in [0.717, 1.165) is 24.5 Å². The zero-order valence-electron chi connectivity index (χ0n) is 9.30. The number of thiazole rings is 1. The Morgan fingerprint density at radius 2 is 2.44 bits per heavy atom. The molecule has 0 amide bonds. The number of rotatable bonds is 5. The minimum Gasteiger partial charge on any atom is -0.340 e. The minimum atomic E-state index is 0.263. The molecule has 0 aliphatic carbocycles. The van der Waals surface area contributed by atoms with Crippen molar-refractivity contribution >= 4 is 11.3 Å². The van der Waals surface area contributed by atoms with Gasteiger partial charge in [-0.25, -0.2) is 4.98 Å². The highest BCUT2D eigenvalue weighted by atomic mass is 32.1. The zero-order chi connectivity index (χ0) is 11.4. The van der Waals surface area contributed by atoms with Crippen molar-refractivity contribution in [1.29, 1.82) is 0 Å². The third kappa shape index (κ3) is 2.86. The van der Waals surface area contributed by atoms with E-state index in [4.69, 9.17) is 4.52 Å². The van der Waals surface area contributed by atoms with Gasteiger partial charge in [-0.05, 0) is 6.92 Å². The van der Waals surface area contributed by atoms with Crippen LogP contribution in [0, 0.1) is 6.92 Å². The van der Waals surface area contributed by atoms with Gasteiger partial charge in [-0.15, -0.1) is 11.3 Å².